The van der Waals surface area contributed by atoms with Crippen molar-refractivity contribution in [1.82, 2.24) is 5.32 Å². The Balaban J connectivity index is 4.33. The third-order valence-electron chi connectivity index (χ3n) is 1.53. The van der Waals surface area contributed by atoms with Crippen molar-refractivity contribution < 1.29 is 19.1 Å². The van der Waals surface area contributed by atoms with E-state index in [0.717, 1.165) is 0 Å². The molecule has 0 radical (unpaired) electrons. The molecule has 5 nitrogen and oxygen atoms in total. The van der Waals surface area contributed by atoms with Gasteiger partial charge in [0.25, 0.3) is 0 Å². The Labute approximate surface area is 77.7 Å². The predicted molar refractivity (Wildman–Crippen MR) is 49.1 cm³/mol. The van der Waals surface area contributed by atoms with Crippen molar-refractivity contribution in [3.05, 3.63) is 0 Å². The lowest BCUT2D eigenvalue weighted by Crippen LogP contribution is -2.40. The van der Waals surface area contributed by atoms with Crippen LogP contribution in [0.4, 0.5) is 0 Å². The number of amides is 1. The van der Waals surface area contributed by atoms with Crippen LogP contribution in [0.25, 0.3) is 0 Å². The van der Waals surface area contributed by atoms with Gasteiger partial charge in [0.15, 0.2) is 0 Å². The van der Waals surface area contributed by atoms with Crippen LogP contribution in [0.2, 0.25) is 0 Å². The molecule has 1 atom stereocenters. The summed E-state index contributed by atoms with van der Waals surface area (Å²) in [6.07, 6.45) is 0. The molecule has 0 aromatic heterocycles. The van der Waals surface area contributed by atoms with E-state index in [-0.39, 0.29) is 5.91 Å². The zero-order valence-electron chi connectivity index (χ0n) is 8.24. The van der Waals surface area contributed by atoms with Crippen LogP contribution in [0.3, 0.4) is 0 Å². The second-order valence-electron chi connectivity index (χ2n) is 3.99. The van der Waals surface area contributed by atoms with Gasteiger partial charge in [-0.15, -0.1) is 0 Å². The normalized spacial score (nSPS) is 15.2. The summed E-state index contributed by atoms with van der Waals surface area (Å²) in [4.78, 5) is 28.7. The second-order valence-corrected chi connectivity index (χ2v) is 5.94. The molecule has 1 unspecified atom stereocenters. The highest BCUT2D eigenvalue weighted by Gasteiger charge is 2.29. The summed E-state index contributed by atoms with van der Waals surface area (Å²) in [5, 5.41) is 2.26. The first-order chi connectivity index (χ1) is 5.55. The minimum Gasteiger partial charge on any atom is -0.342 e. The molecule has 0 aliphatic carbocycles. The third-order valence-corrected chi connectivity index (χ3v) is 2.66. The number of carbonyl (C=O) groups is 1. The van der Waals surface area contributed by atoms with E-state index in [1.165, 1.54) is 6.92 Å². The molecule has 0 aliphatic rings. The second kappa shape index (κ2) is 3.78. The lowest BCUT2D eigenvalue weighted by molar-refractivity contribution is -0.128. The van der Waals surface area contributed by atoms with Crippen LogP contribution in [0, 0.1) is 5.41 Å². The van der Waals surface area contributed by atoms with Gasteiger partial charge < -0.3 is 15.1 Å². The summed E-state index contributed by atoms with van der Waals surface area (Å²) < 4.78 is 10.7. The Morgan fingerprint density at radius 3 is 2.00 bits per heavy atom. The molecule has 0 saturated carbocycles. The fourth-order valence-electron chi connectivity index (χ4n) is 0.490. The smallest absolute Gasteiger partial charge is 0.342 e. The summed E-state index contributed by atoms with van der Waals surface area (Å²) in [6.45, 7) is 6.31. The maximum absolute atomic E-state index is 11.3. The van der Waals surface area contributed by atoms with Gasteiger partial charge in [-0.2, -0.15) is 0 Å². The summed E-state index contributed by atoms with van der Waals surface area (Å²) in [5.74, 6) is -1.50. The fourth-order valence-corrected chi connectivity index (χ4v) is 0.776. The minimum atomic E-state index is -4.21. The van der Waals surface area contributed by atoms with Crippen LogP contribution >= 0.6 is 7.60 Å². The maximum atomic E-state index is 11.3. The third kappa shape index (κ3) is 4.41. The zero-order valence-corrected chi connectivity index (χ0v) is 9.13. The topological polar surface area (TPSA) is 86.6 Å². The van der Waals surface area contributed by atoms with Crippen LogP contribution in [0.15, 0.2) is 0 Å². The van der Waals surface area contributed by atoms with E-state index in [4.69, 9.17) is 9.79 Å². The van der Waals surface area contributed by atoms with Crippen LogP contribution < -0.4 is 5.32 Å². The first kappa shape index (κ1) is 12.6. The Bertz CT molecular complexity index is 239. The number of hydrogen-bond acceptors (Lipinski definition) is 2. The highest BCUT2D eigenvalue weighted by molar-refractivity contribution is 7.52. The maximum Gasteiger partial charge on any atom is 0.347 e. The molecule has 78 valence electrons. The molecular formula is C7H16NO4P. The molecule has 6 heteroatoms. The van der Waals surface area contributed by atoms with Gasteiger partial charge in [0.05, 0.1) is 0 Å². The number of nitrogens with one attached hydrogen (secondary N) is 1. The van der Waals surface area contributed by atoms with Crippen LogP contribution in [0.1, 0.15) is 27.7 Å². The fraction of sp³-hybridized carbons (Fsp3) is 0.857. The monoisotopic (exact) mass is 209 g/mol. The Morgan fingerprint density at radius 2 is 1.77 bits per heavy atom. The average molecular weight is 209 g/mol. The van der Waals surface area contributed by atoms with Crippen LogP contribution in [-0.2, 0) is 9.36 Å². The van der Waals surface area contributed by atoms with Crippen molar-refractivity contribution in [2.75, 3.05) is 0 Å². The van der Waals surface area contributed by atoms with Crippen molar-refractivity contribution in [1.29, 1.82) is 0 Å². The molecule has 0 aliphatic heterocycles. The van der Waals surface area contributed by atoms with Crippen molar-refractivity contribution in [3.63, 3.8) is 0 Å². The number of rotatable bonds is 2. The molecule has 13 heavy (non-hydrogen) atoms. The van der Waals surface area contributed by atoms with Gasteiger partial charge in [-0.25, -0.2) is 0 Å². The average Bonchev–Trinajstić information content (AvgIpc) is 1.82. The molecule has 1 amide bonds. The first-order valence-electron chi connectivity index (χ1n) is 3.91. The van der Waals surface area contributed by atoms with Gasteiger partial charge in [0, 0.05) is 5.41 Å². The largest absolute Gasteiger partial charge is 0.347 e. The summed E-state index contributed by atoms with van der Waals surface area (Å²) in [6, 6.07) is 0. The highest BCUT2D eigenvalue weighted by atomic mass is 31.2. The van der Waals surface area contributed by atoms with Crippen molar-refractivity contribution in [3.8, 4) is 0 Å². The van der Waals surface area contributed by atoms with Gasteiger partial charge in [-0.3, -0.25) is 9.36 Å². The molecular weight excluding hydrogens is 193 g/mol. The summed E-state index contributed by atoms with van der Waals surface area (Å²) in [5.41, 5.74) is -0.635. The van der Waals surface area contributed by atoms with Crippen LogP contribution in [-0.4, -0.2) is 21.5 Å². The highest BCUT2D eigenvalue weighted by Crippen LogP contribution is 2.39. The van der Waals surface area contributed by atoms with Gasteiger partial charge in [-0.1, -0.05) is 20.8 Å². The van der Waals surface area contributed by atoms with Gasteiger partial charge in [0.1, 0.15) is 5.78 Å². The Kier molecular flexibility index (Phi) is 3.67. The van der Waals surface area contributed by atoms with E-state index in [2.05, 4.69) is 5.32 Å². The van der Waals surface area contributed by atoms with Gasteiger partial charge >= 0.3 is 7.60 Å². The van der Waals surface area contributed by atoms with Crippen molar-refractivity contribution >= 4 is 13.5 Å². The van der Waals surface area contributed by atoms with E-state index in [1.807, 2.05) is 0 Å². The molecule has 0 bridgehead atoms. The summed E-state index contributed by atoms with van der Waals surface area (Å²) in [7, 11) is -4.21. The quantitative estimate of drug-likeness (QED) is 0.583. The van der Waals surface area contributed by atoms with E-state index in [1.54, 1.807) is 20.8 Å². The molecule has 0 heterocycles. The van der Waals surface area contributed by atoms with E-state index in [9.17, 15) is 9.36 Å². The standard InChI is InChI=1S/C7H16NO4P/c1-5(13(10,11)12)8-6(9)7(2,3)4/h5H,1-4H3,(H,8,9)(H2,10,11,12). The van der Waals surface area contributed by atoms with Gasteiger partial charge in [-0.05, 0) is 6.92 Å². The lowest BCUT2D eigenvalue weighted by Gasteiger charge is -2.22. The first-order valence-corrected chi connectivity index (χ1v) is 5.59. The molecule has 0 rings (SSSR count). The lowest BCUT2D eigenvalue weighted by atomic mass is 9.96. The predicted octanol–water partition coefficient (Wildman–Crippen LogP) is 0.672. The molecule has 0 aromatic carbocycles. The van der Waals surface area contributed by atoms with Gasteiger partial charge in [0.2, 0.25) is 5.91 Å². The van der Waals surface area contributed by atoms with E-state index in [0.29, 0.717) is 0 Å². The number of hydrogen-bond donors (Lipinski definition) is 3. The molecule has 3 N–H and O–H groups in total. The van der Waals surface area contributed by atoms with Crippen molar-refractivity contribution in [2.24, 2.45) is 5.41 Å². The minimum absolute atomic E-state index is 0.372. The summed E-state index contributed by atoms with van der Waals surface area (Å²) >= 11 is 0. The molecule has 0 fully saturated rings. The molecule has 0 spiro atoms. The van der Waals surface area contributed by atoms with E-state index >= 15 is 0 Å². The SMILES string of the molecule is CC(NC(=O)C(C)(C)C)P(=O)(O)O. The van der Waals surface area contributed by atoms with E-state index < -0.39 is 18.8 Å². The molecule has 0 saturated heterocycles. The number of carbonyl (C=O) groups excluding carboxylic acids is 1. The van der Waals surface area contributed by atoms with Crippen molar-refractivity contribution in [2.45, 2.75) is 33.5 Å². The zero-order chi connectivity index (χ0) is 10.9. The van der Waals surface area contributed by atoms with Crippen LogP contribution in [0.5, 0.6) is 0 Å². The Hall–Kier alpha value is -0.380. The Morgan fingerprint density at radius 1 is 1.38 bits per heavy atom. The molecule has 0 aromatic rings.